The van der Waals surface area contributed by atoms with Crippen molar-refractivity contribution in [3.8, 4) is 11.1 Å². The van der Waals surface area contributed by atoms with Crippen LogP contribution in [-0.2, 0) is 33.9 Å². The summed E-state index contributed by atoms with van der Waals surface area (Å²) in [5.74, 6) is 0. The fourth-order valence-electron chi connectivity index (χ4n) is 3.05. The van der Waals surface area contributed by atoms with Gasteiger partial charge in [0.05, 0.1) is 5.69 Å². The van der Waals surface area contributed by atoms with E-state index in [-0.39, 0.29) is 21.1 Å². The van der Waals surface area contributed by atoms with Gasteiger partial charge in [0.25, 0.3) is 0 Å². The molecule has 1 aromatic heterocycles. The van der Waals surface area contributed by atoms with Crippen molar-refractivity contribution in [2.75, 3.05) is 0 Å². The quantitative estimate of drug-likeness (QED) is 0.591. The molecule has 0 saturated heterocycles. The molecule has 1 heterocycles. The summed E-state index contributed by atoms with van der Waals surface area (Å²) >= 11 is 0. The van der Waals surface area contributed by atoms with Gasteiger partial charge >= 0.3 is 0 Å². The van der Waals surface area contributed by atoms with Crippen molar-refractivity contribution in [2.45, 2.75) is 67.3 Å². The predicted octanol–water partition coefficient (Wildman–Crippen LogP) is 5.18. The Bertz CT molecular complexity index is 631. The van der Waals surface area contributed by atoms with Gasteiger partial charge in [-0.3, -0.25) is 4.68 Å². The Morgan fingerprint density at radius 3 is 1.95 bits per heavy atom. The molecule has 0 aliphatic heterocycles. The largest absolute Gasteiger partial charge is 0.266 e. The summed E-state index contributed by atoms with van der Waals surface area (Å²) < 4.78 is 2.21. The standard InChI is InChI=1S/C19H28N2.Pt/c1-8-17-19(18(9-2)21(20-17)12(3)4)16-10-13(5)15(7)14(6)11-16;/h10-12H,8-9H2,1-7H3;. The monoisotopic (exact) mass is 479 g/mol. The average molecular weight is 480 g/mol. The summed E-state index contributed by atoms with van der Waals surface area (Å²) in [6, 6.07) is 5.05. The van der Waals surface area contributed by atoms with Gasteiger partial charge in [-0.1, -0.05) is 26.0 Å². The van der Waals surface area contributed by atoms with Gasteiger partial charge in [0.1, 0.15) is 0 Å². The van der Waals surface area contributed by atoms with Gasteiger partial charge in [0, 0.05) is 38.4 Å². The minimum atomic E-state index is 0. The molecule has 0 bridgehead atoms. The van der Waals surface area contributed by atoms with Crippen LogP contribution in [0.15, 0.2) is 12.1 Å². The Hall–Kier alpha value is -0.882. The molecule has 2 aromatic rings. The van der Waals surface area contributed by atoms with Crippen LogP contribution in [0.4, 0.5) is 0 Å². The van der Waals surface area contributed by atoms with Crippen molar-refractivity contribution in [3.63, 3.8) is 0 Å². The summed E-state index contributed by atoms with van der Waals surface area (Å²) in [6.45, 7) is 15.5. The van der Waals surface area contributed by atoms with Gasteiger partial charge in [-0.05, 0) is 69.7 Å². The van der Waals surface area contributed by atoms with Crippen molar-refractivity contribution in [2.24, 2.45) is 0 Å². The molecule has 2 rings (SSSR count). The van der Waals surface area contributed by atoms with Crippen molar-refractivity contribution in [1.82, 2.24) is 9.78 Å². The first-order valence-electron chi connectivity index (χ1n) is 8.09. The zero-order valence-electron chi connectivity index (χ0n) is 14.9. The first-order valence-corrected chi connectivity index (χ1v) is 8.09. The maximum atomic E-state index is 4.87. The molecule has 0 aliphatic rings. The van der Waals surface area contributed by atoms with E-state index in [9.17, 15) is 0 Å². The van der Waals surface area contributed by atoms with Crippen LogP contribution in [0.3, 0.4) is 0 Å². The van der Waals surface area contributed by atoms with Gasteiger partial charge < -0.3 is 0 Å². The number of hydrogen-bond acceptors (Lipinski definition) is 1. The number of rotatable bonds is 4. The Kier molecular flexibility index (Phi) is 6.62. The number of nitrogens with zero attached hydrogens (tertiary/aromatic N) is 2. The predicted molar refractivity (Wildman–Crippen MR) is 91.0 cm³/mol. The summed E-state index contributed by atoms with van der Waals surface area (Å²) in [7, 11) is 0. The van der Waals surface area contributed by atoms with Crippen LogP contribution in [0.25, 0.3) is 11.1 Å². The molecule has 0 fully saturated rings. The average Bonchev–Trinajstić information content (AvgIpc) is 2.82. The van der Waals surface area contributed by atoms with E-state index in [1.165, 1.54) is 39.2 Å². The molecule has 0 spiro atoms. The Morgan fingerprint density at radius 2 is 1.55 bits per heavy atom. The van der Waals surface area contributed by atoms with Crippen molar-refractivity contribution < 1.29 is 21.1 Å². The molecule has 0 saturated carbocycles. The molecule has 0 radical (unpaired) electrons. The van der Waals surface area contributed by atoms with Gasteiger partial charge in [-0.15, -0.1) is 0 Å². The second-order valence-corrected chi connectivity index (χ2v) is 6.25. The molecule has 0 atom stereocenters. The third-order valence-corrected chi connectivity index (χ3v) is 4.46. The first-order chi connectivity index (χ1) is 9.90. The van der Waals surface area contributed by atoms with Gasteiger partial charge in [-0.25, -0.2) is 0 Å². The van der Waals surface area contributed by atoms with E-state index in [1.807, 2.05) is 0 Å². The van der Waals surface area contributed by atoms with Gasteiger partial charge in [0.2, 0.25) is 0 Å². The fourth-order valence-corrected chi connectivity index (χ4v) is 3.05. The minimum absolute atomic E-state index is 0. The molecule has 2 nitrogen and oxygen atoms in total. The third-order valence-electron chi connectivity index (χ3n) is 4.46. The van der Waals surface area contributed by atoms with Crippen LogP contribution in [0.2, 0.25) is 0 Å². The Balaban J connectivity index is 0.00000242. The summed E-state index contributed by atoms with van der Waals surface area (Å²) in [5, 5.41) is 4.87. The summed E-state index contributed by atoms with van der Waals surface area (Å²) in [6.07, 6.45) is 2.00. The summed E-state index contributed by atoms with van der Waals surface area (Å²) in [5.41, 5.74) is 9.41. The number of benzene rings is 1. The second-order valence-electron chi connectivity index (χ2n) is 6.25. The zero-order valence-corrected chi connectivity index (χ0v) is 17.1. The van der Waals surface area contributed by atoms with Crippen LogP contribution in [0, 0.1) is 20.8 Å². The van der Waals surface area contributed by atoms with Crippen LogP contribution in [-0.4, -0.2) is 9.78 Å². The van der Waals surface area contributed by atoms with E-state index >= 15 is 0 Å². The van der Waals surface area contributed by atoms with E-state index in [0.29, 0.717) is 6.04 Å². The Morgan fingerprint density at radius 1 is 1.00 bits per heavy atom. The van der Waals surface area contributed by atoms with Crippen molar-refractivity contribution >= 4 is 0 Å². The third kappa shape index (κ3) is 3.38. The SMILES string of the molecule is CCc1nn(C(C)C)c(CC)c1-c1cc(C)c(C)c(C)c1.[Pt]. The van der Waals surface area contributed by atoms with E-state index in [0.717, 1.165) is 12.8 Å². The first kappa shape index (κ1) is 19.2. The number of aromatic nitrogens is 2. The van der Waals surface area contributed by atoms with Crippen molar-refractivity contribution in [3.05, 3.63) is 40.2 Å². The van der Waals surface area contributed by atoms with Crippen LogP contribution < -0.4 is 0 Å². The topological polar surface area (TPSA) is 17.8 Å². The van der Waals surface area contributed by atoms with Crippen LogP contribution in [0.1, 0.15) is 61.8 Å². The minimum Gasteiger partial charge on any atom is -0.266 e. The van der Waals surface area contributed by atoms with E-state index in [4.69, 9.17) is 5.10 Å². The van der Waals surface area contributed by atoms with Crippen LogP contribution >= 0.6 is 0 Å². The molecule has 22 heavy (non-hydrogen) atoms. The molecule has 0 unspecified atom stereocenters. The smallest absolute Gasteiger partial charge is 0.0703 e. The number of hydrogen-bond donors (Lipinski definition) is 0. The molecular formula is C19H28N2Pt. The molecule has 1 aromatic carbocycles. The van der Waals surface area contributed by atoms with E-state index in [2.05, 4.69) is 65.3 Å². The molecule has 124 valence electrons. The van der Waals surface area contributed by atoms with E-state index < -0.39 is 0 Å². The fraction of sp³-hybridized carbons (Fsp3) is 0.526. The number of aryl methyl sites for hydroxylation is 3. The normalized spacial score (nSPS) is 10.9. The van der Waals surface area contributed by atoms with Crippen molar-refractivity contribution in [1.29, 1.82) is 0 Å². The molecule has 3 heteroatoms. The maximum Gasteiger partial charge on any atom is 0.0703 e. The molecule has 0 N–H and O–H groups in total. The second kappa shape index (κ2) is 7.59. The zero-order chi connectivity index (χ0) is 15.7. The van der Waals surface area contributed by atoms with Crippen LogP contribution in [0.5, 0.6) is 0 Å². The van der Waals surface area contributed by atoms with Gasteiger partial charge in [0.15, 0.2) is 0 Å². The van der Waals surface area contributed by atoms with Gasteiger partial charge in [-0.2, -0.15) is 5.10 Å². The molecule has 0 aliphatic carbocycles. The summed E-state index contributed by atoms with van der Waals surface area (Å²) in [4.78, 5) is 0. The molecular weight excluding hydrogens is 451 g/mol. The van der Waals surface area contributed by atoms with E-state index in [1.54, 1.807) is 0 Å². The molecule has 0 amide bonds. The maximum absolute atomic E-state index is 4.87. The Labute approximate surface area is 149 Å².